The molecule has 1 aliphatic heterocycles. The maximum absolute atomic E-state index is 11.4. The van der Waals surface area contributed by atoms with Gasteiger partial charge >= 0.3 is 10.4 Å². The van der Waals surface area contributed by atoms with E-state index in [1.165, 1.54) is 107 Å². The molecular formula is C30H52NO4S+. The van der Waals surface area contributed by atoms with E-state index in [0.29, 0.717) is 13.0 Å². The highest BCUT2D eigenvalue weighted by molar-refractivity contribution is 7.80. The van der Waals surface area contributed by atoms with Crippen molar-refractivity contribution in [2.75, 3.05) is 13.1 Å². The minimum absolute atomic E-state index is 0.479. The van der Waals surface area contributed by atoms with Crippen LogP contribution in [0.5, 0.6) is 0 Å². The molecule has 1 heterocycles. The average Bonchev–Trinajstić information content (AvgIpc) is 2.85. The van der Waals surface area contributed by atoms with Gasteiger partial charge in [-0.3, -0.25) is 4.55 Å². The quantitative estimate of drug-likeness (QED) is 0.0954. The predicted molar refractivity (Wildman–Crippen MR) is 151 cm³/mol. The van der Waals surface area contributed by atoms with E-state index in [2.05, 4.69) is 29.8 Å². The van der Waals surface area contributed by atoms with Crippen molar-refractivity contribution in [1.82, 2.24) is 0 Å². The molecule has 1 aromatic carbocycles. The van der Waals surface area contributed by atoms with Crippen molar-refractivity contribution in [2.45, 2.75) is 135 Å². The van der Waals surface area contributed by atoms with Crippen LogP contribution in [0.3, 0.4) is 0 Å². The number of unbranched alkanes of at least 4 members (excludes halogenated alkanes) is 16. The van der Waals surface area contributed by atoms with Crippen LogP contribution < -0.4 is 0 Å². The zero-order valence-corrected chi connectivity index (χ0v) is 23.7. The molecule has 6 heteroatoms. The summed E-state index contributed by atoms with van der Waals surface area (Å²) in [4.78, 5) is 0. The number of hydrogen-bond donors (Lipinski definition) is 1. The fraction of sp³-hybridized carbons (Fsp3) is 0.767. The second-order valence-electron chi connectivity index (χ2n) is 10.7. The molecule has 0 radical (unpaired) electrons. The lowest BCUT2D eigenvalue weighted by Crippen LogP contribution is -2.33. The molecule has 2 rings (SSSR count). The van der Waals surface area contributed by atoms with E-state index in [0.717, 1.165) is 25.8 Å². The second kappa shape index (κ2) is 18.9. The van der Waals surface area contributed by atoms with Crippen molar-refractivity contribution in [2.24, 2.45) is 0 Å². The highest BCUT2D eigenvalue weighted by Gasteiger charge is 2.24. The van der Waals surface area contributed by atoms with E-state index in [9.17, 15) is 13.0 Å². The molecule has 206 valence electrons. The average molecular weight is 523 g/mol. The topological polar surface area (TPSA) is 66.6 Å². The monoisotopic (exact) mass is 522 g/mol. The minimum atomic E-state index is -4.45. The van der Waals surface area contributed by atoms with Gasteiger partial charge in [-0.25, -0.2) is 8.76 Å². The van der Waals surface area contributed by atoms with Gasteiger partial charge in [0, 0.05) is 12.0 Å². The van der Waals surface area contributed by atoms with Crippen molar-refractivity contribution in [3.05, 3.63) is 35.4 Å². The van der Waals surface area contributed by atoms with E-state index >= 15 is 0 Å². The van der Waals surface area contributed by atoms with Crippen LogP contribution in [-0.4, -0.2) is 43.0 Å². The third kappa shape index (κ3) is 15.1. The Morgan fingerprint density at radius 2 is 1.31 bits per heavy atom. The fourth-order valence-electron chi connectivity index (χ4n) is 5.26. The second-order valence-corrected chi connectivity index (χ2v) is 11.7. The summed E-state index contributed by atoms with van der Waals surface area (Å²) in [6, 6.07) is 8.27. The summed E-state index contributed by atoms with van der Waals surface area (Å²) in [5, 5.41) is 0. The van der Waals surface area contributed by atoms with Crippen molar-refractivity contribution in [3.8, 4) is 0 Å². The Labute approximate surface area is 221 Å². The van der Waals surface area contributed by atoms with Crippen LogP contribution in [0, 0.1) is 0 Å². The first kappa shape index (κ1) is 31.0. The van der Waals surface area contributed by atoms with Crippen LogP contribution in [0.25, 0.3) is 0 Å². The van der Waals surface area contributed by atoms with Crippen LogP contribution in [0.1, 0.15) is 134 Å². The van der Waals surface area contributed by atoms with Gasteiger partial charge in [0.15, 0.2) is 12.8 Å². The normalized spacial score (nSPS) is 14.4. The molecule has 0 saturated carbocycles. The van der Waals surface area contributed by atoms with Crippen molar-refractivity contribution >= 4 is 16.6 Å². The Balaban J connectivity index is 1.50. The number of fused-ring (bicyclic) bond motifs is 1. The molecule has 0 fully saturated rings. The molecule has 1 atom stereocenters. The summed E-state index contributed by atoms with van der Waals surface area (Å²) in [6.07, 6.45) is 25.6. The van der Waals surface area contributed by atoms with E-state index in [4.69, 9.17) is 4.18 Å². The third-order valence-electron chi connectivity index (χ3n) is 7.37. The smallest absolute Gasteiger partial charge is 0.264 e. The molecule has 1 aromatic rings. The Hall–Kier alpha value is -1.24. The highest BCUT2D eigenvalue weighted by Crippen LogP contribution is 2.17. The van der Waals surface area contributed by atoms with Gasteiger partial charge in [-0.05, 0) is 18.1 Å². The van der Waals surface area contributed by atoms with Gasteiger partial charge in [0.2, 0.25) is 0 Å². The summed E-state index contributed by atoms with van der Waals surface area (Å²) in [6.45, 7) is 3.59. The van der Waals surface area contributed by atoms with Crippen molar-refractivity contribution < 1.29 is 21.7 Å². The summed E-state index contributed by atoms with van der Waals surface area (Å²) in [5.41, 5.74) is 2.49. The molecule has 1 unspecified atom stereocenters. The summed E-state index contributed by atoms with van der Waals surface area (Å²) >= 11 is 0. The SMILES string of the molecule is CCCCCCCCCCCCCCCCCCCC(C[N+]1=Cc2ccccc2CC1)OS(=O)(=O)O. The molecule has 0 amide bonds. The first-order valence-corrected chi connectivity index (χ1v) is 16.2. The molecule has 1 aliphatic rings. The number of hydrogen-bond acceptors (Lipinski definition) is 3. The highest BCUT2D eigenvalue weighted by atomic mass is 32.3. The molecular weight excluding hydrogens is 470 g/mol. The fourth-order valence-corrected chi connectivity index (χ4v) is 5.76. The molecule has 0 aliphatic carbocycles. The van der Waals surface area contributed by atoms with E-state index in [1.54, 1.807) is 0 Å². The Morgan fingerprint density at radius 1 is 0.806 bits per heavy atom. The summed E-state index contributed by atoms with van der Waals surface area (Å²) < 4.78 is 39.1. The van der Waals surface area contributed by atoms with Crippen molar-refractivity contribution in [3.63, 3.8) is 0 Å². The van der Waals surface area contributed by atoms with Crippen molar-refractivity contribution in [1.29, 1.82) is 0 Å². The lowest BCUT2D eigenvalue weighted by molar-refractivity contribution is -0.531. The van der Waals surface area contributed by atoms with Gasteiger partial charge < -0.3 is 0 Å². The molecule has 0 saturated heterocycles. The molecule has 1 N–H and O–H groups in total. The molecule has 0 aromatic heterocycles. The third-order valence-corrected chi connectivity index (χ3v) is 7.89. The zero-order chi connectivity index (χ0) is 25.9. The van der Waals surface area contributed by atoms with Gasteiger partial charge in [0.05, 0.1) is 0 Å². The number of nitrogens with zero attached hydrogens (tertiary/aromatic N) is 1. The first-order valence-electron chi connectivity index (χ1n) is 14.8. The van der Waals surface area contributed by atoms with Gasteiger partial charge in [0.25, 0.3) is 0 Å². The van der Waals surface area contributed by atoms with E-state index in [1.807, 2.05) is 12.1 Å². The van der Waals surface area contributed by atoms with Gasteiger partial charge in [-0.1, -0.05) is 134 Å². The number of rotatable bonds is 22. The van der Waals surface area contributed by atoms with Crippen LogP contribution in [0.2, 0.25) is 0 Å². The zero-order valence-electron chi connectivity index (χ0n) is 22.8. The maximum atomic E-state index is 11.4. The Kier molecular flexibility index (Phi) is 16.3. The Bertz CT molecular complexity index is 837. The summed E-state index contributed by atoms with van der Waals surface area (Å²) in [5.74, 6) is 0. The van der Waals surface area contributed by atoms with E-state index < -0.39 is 16.5 Å². The minimum Gasteiger partial charge on any atom is -0.264 e. The predicted octanol–water partition coefficient (Wildman–Crippen LogP) is 7.90. The Morgan fingerprint density at radius 3 is 1.83 bits per heavy atom. The largest absolute Gasteiger partial charge is 0.397 e. The number of benzene rings is 1. The van der Waals surface area contributed by atoms with E-state index in [-0.39, 0.29) is 0 Å². The van der Waals surface area contributed by atoms with Crippen LogP contribution >= 0.6 is 0 Å². The van der Waals surface area contributed by atoms with Crippen LogP contribution in [-0.2, 0) is 21.0 Å². The molecule has 0 spiro atoms. The first-order chi connectivity index (χ1) is 17.5. The molecule has 36 heavy (non-hydrogen) atoms. The van der Waals surface area contributed by atoms with Crippen LogP contribution in [0.4, 0.5) is 0 Å². The van der Waals surface area contributed by atoms with Gasteiger partial charge in [-0.15, -0.1) is 0 Å². The lowest BCUT2D eigenvalue weighted by Gasteiger charge is -2.17. The van der Waals surface area contributed by atoms with Crippen LogP contribution in [0.15, 0.2) is 24.3 Å². The van der Waals surface area contributed by atoms with Gasteiger partial charge in [-0.2, -0.15) is 8.42 Å². The maximum Gasteiger partial charge on any atom is 0.397 e. The summed E-state index contributed by atoms with van der Waals surface area (Å²) in [7, 11) is -4.45. The molecule has 0 bridgehead atoms. The standard InChI is InChI=1S/C30H51NO4S/c1-2-3-4-5-6-7-8-9-10-11-12-13-14-15-16-17-18-23-30(35-36(32,33)34)27-31-25-24-28-21-19-20-22-29(28)26-31/h19-22,26,30H,2-18,23-25,27H2,1H3/p+1. The molecule has 5 nitrogen and oxygen atoms in total. The van der Waals surface area contributed by atoms with Gasteiger partial charge in [0.1, 0.15) is 12.6 Å². The lowest BCUT2D eigenvalue weighted by atomic mass is 10.0.